The molecule has 1 aromatic rings. The molecule has 0 bridgehead atoms. The topological polar surface area (TPSA) is 78.7 Å². The predicted molar refractivity (Wildman–Crippen MR) is 59.7 cm³/mol. The van der Waals surface area contributed by atoms with Crippen LogP contribution in [0.5, 0.6) is 5.75 Å². The summed E-state index contributed by atoms with van der Waals surface area (Å²) in [6.07, 6.45) is -1.42. The van der Waals surface area contributed by atoms with Gasteiger partial charge in [0.15, 0.2) is 17.7 Å². The Morgan fingerprint density at radius 1 is 1.40 bits per heavy atom. The van der Waals surface area contributed by atoms with Gasteiger partial charge >= 0.3 is 11.7 Å². The lowest BCUT2D eigenvalue weighted by atomic mass is 10.2. The van der Waals surface area contributed by atoms with E-state index in [2.05, 4.69) is 9.47 Å². The number of hydrogen-bond acceptors (Lipinski definition) is 5. The summed E-state index contributed by atoms with van der Waals surface area (Å²) in [7, 11) is 0. The van der Waals surface area contributed by atoms with Crippen molar-refractivity contribution in [1.82, 2.24) is 0 Å². The second-order valence-corrected chi connectivity index (χ2v) is 3.60. The van der Waals surface area contributed by atoms with E-state index in [-0.39, 0.29) is 12.7 Å². The molecule has 0 saturated carbocycles. The SMILES string of the molecule is CCOC(=O)C(C)Oc1c(F)cc(F)c(F)c1[N+](=O)[O-]. The number of hydrogen-bond donors (Lipinski definition) is 0. The lowest BCUT2D eigenvalue weighted by Gasteiger charge is -2.14. The Morgan fingerprint density at radius 3 is 2.50 bits per heavy atom. The predicted octanol–water partition coefficient (Wildman–Crippen LogP) is 2.34. The number of ether oxygens (including phenoxy) is 2. The van der Waals surface area contributed by atoms with Crippen LogP contribution in [0.4, 0.5) is 18.9 Å². The number of nitro groups is 1. The van der Waals surface area contributed by atoms with Crippen LogP contribution in [0.2, 0.25) is 0 Å². The summed E-state index contributed by atoms with van der Waals surface area (Å²) in [6, 6.07) is 0.0928. The van der Waals surface area contributed by atoms with Crippen molar-refractivity contribution >= 4 is 11.7 Å². The molecular weight excluding hydrogens is 283 g/mol. The summed E-state index contributed by atoms with van der Waals surface area (Å²) < 4.78 is 49.0. The molecule has 0 spiro atoms. The Hall–Kier alpha value is -2.32. The van der Waals surface area contributed by atoms with E-state index in [0.717, 1.165) is 6.92 Å². The van der Waals surface area contributed by atoms with Crippen molar-refractivity contribution in [3.63, 3.8) is 0 Å². The minimum atomic E-state index is -1.87. The Morgan fingerprint density at radius 2 is 2.00 bits per heavy atom. The maximum atomic E-state index is 13.5. The maximum absolute atomic E-state index is 13.5. The van der Waals surface area contributed by atoms with Gasteiger partial charge in [0.2, 0.25) is 11.6 Å². The van der Waals surface area contributed by atoms with Gasteiger partial charge in [0.1, 0.15) is 0 Å². The van der Waals surface area contributed by atoms with Crippen LogP contribution >= 0.6 is 0 Å². The molecule has 1 aromatic carbocycles. The van der Waals surface area contributed by atoms with Crippen LogP contribution in [0.15, 0.2) is 6.07 Å². The minimum absolute atomic E-state index is 0.00882. The third-order valence-corrected chi connectivity index (χ3v) is 2.20. The first kappa shape index (κ1) is 15.7. The van der Waals surface area contributed by atoms with Gasteiger partial charge in [0, 0.05) is 6.07 Å². The van der Waals surface area contributed by atoms with Gasteiger partial charge in [-0.2, -0.15) is 4.39 Å². The molecule has 0 amide bonds. The van der Waals surface area contributed by atoms with E-state index in [1.165, 1.54) is 6.92 Å². The van der Waals surface area contributed by atoms with Crippen LogP contribution in [-0.2, 0) is 9.53 Å². The molecule has 6 nitrogen and oxygen atoms in total. The molecule has 0 aliphatic carbocycles. The zero-order chi connectivity index (χ0) is 15.4. The Kier molecular flexibility index (Phi) is 4.89. The first-order chi connectivity index (χ1) is 9.29. The average Bonchev–Trinajstić information content (AvgIpc) is 2.35. The van der Waals surface area contributed by atoms with Crippen molar-refractivity contribution in [2.75, 3.05) is 6.61 Å². The molecule has 0 fully saturated rings. The van der Waals surface area contributed by atoms with Gasteiger partial charge in [-0.15, -0.1) is 0 Å². The number of esters is 1. The van der Waals surface area contributed by atoms with E-state index < -0.39 is 45.9 Å². The van der Waals surface area contributed by atoms with Crippen LogP contribution in [-0.4, -0.2) is 23.6 Å². The number of carbonyl (C=O) groups is 1. The van der Waals surface area contributed by atoms with E-state index in [1.54, 1.807) is 0 Å². The second kappa shape index (κ2) is 6.22. The summed E-state index contributed by atoms with van der Waals surface area (Å²) in [5.41, 5.74) is -1.52. The van der Waals surface area contributed by atoms with Gasteiger partial charge in [0.05, 0.1) is 11.5 Å². The van der Waals surface area contributed by atoms with Crippen molar-refractivity contribution in [3.05, 3.63) is 33.6 Å². The highest BCUT2D eigenvalue weighted by Gasteiger charge is 2.32. The number of benzene rings is 1. The van der Waals surface area contributed by atoms with E-state index >= 15 is 0 Å². The van der Waals surface area contributed by atoms with Crippen LogP contribution < -0.4 is 4.74 Å². The van der Waals surface area contributed by atoms with E-state index in [1.807, 2.05) is 0 Å². The normalized spacial score (nSPS) is 11.8. The van der Waals surface area contributed by atoms with Gasteiger partial charge < -0.3 is 9.47 Å². The largest absolute Gasteiger partial charge is 0.470 e. The quantitative estimate of drug-likeness (QED) is 0.360. The lowest BCUT2D eigenvalue weighted by molar-refractivity contribution is -0.389. The van der Waals surface area contributed by atoms with Crippen molar-refractivity contribution in [1.29, 1.82) is 0 Å². The molecule has 110 valence electrons. The van der Waals surface area contributed by atoms with Crippen molar-refractivity contribution in [2.45, 2.75) is 20.0 Å². The molecule has 0 aromatic heterocycles. The maximum Gasteiger partial charge on any atom is 0.352 e. The van der Waals surface area contributed by atoms with Gasteiger partial charge in [-0.1, -0.05) is 0 Å². The number of rotatable bonds is 5. The zero-order valence-corrected chi connectivity index (χ0v) is 10.5. The summed E-state index contributed by atoms with van der Waals surface area (Å²) in [5.74, 6) is -7.18. The van der Waals surface area contributed by atoms with Crippen LogP contribution in [0, 0.1) is 27.6 Å². The average molecular weight is 293 g/mol. The number of halogens is 3. The Labute approximate surface area is 111 Å². The van der Waals surface area contributed by atoms with Crippen LogP contribution in [0.3, 0.4) is 0 Å². The van der Waals surface area contributed by atoms with Crippen molar-refractivity contribution < 1.29 is 32.4 Å². The van der Waals surface area contributed by atoms with Crippen LogP contribution in [0.1, 0.15) is 13.8 Å². The number of carbonyl (C=O) groups excluding carboxylic acids is 1. The molecule has 0 aliphatic heterocycles. The van der Waals surface area contributed by atoms with Crippen molar-refractivity contribution in [2.24, 2.45) is 0 Å². The zero-order valence-electron chi connectivity index (χ0n) is 10.5. The summed E-state index contributed by atoms with van der Waals surface area (Å²) in [4.78, 5) is 20.6. The molecule has 1 atom stereocenters. The van der Waals surface area contributed by atoms with Gasteiger partial charge in [0.25, 0.3) is 0 Å². The molecule has 0 radical (unpaired) electrons. The molecule has 9 heteroatoms. The molecule has 0 N–H and O–H groups in total. The standard InChI is InChI=1S/C11H10F3NO5/c1-3-19-11(16)5(2)20-10-7(13)4-6(12)8(14)9(10)15(17)18/h4-5H,3H2,1-2H3. The molecule has 1 unspecified atom stereocenters. The van der Waals surface area contributed by atoms with E-state index in [9.17, 15) is 28.1 Å². The highest BCUT2D eigenvalue weighted by atomic mass is 19.2. The summed E-state index contributed by atoms with van der Waals surface area (Å²) >= 11 is 0. The first-order valence-corrected chi connectivity index (χ1v) is 5.44. The third kappa shape index (κ3) is 3.16. The highest BCUT2D eigenvalue weighted by Crippen LogP contribution is 2.35. The smallest absolute Gasteiger partial charge is 0.352 e. The number of nitrogens with zero attached hydrogens (tertiary/aromatic N) is 1. The molecule has 0 heterocycles. The molecule has 20 heavy (non-hydrogen) atoms. The molecule has 1 rings (SSSR count). The monoisotopic (exact) mass is 293 g/mol. The lowest BCUT2D eigenvalue weighted by Crippen LogP contribution is -2.27. The van der Waals surface area contributed by atoms with Gasteiger partial charge in [-0.3, -0.25) is 10.1 Å². The van der Waals surface area contributed by atoms with E-state index in [4.69, 9.17) is 0 Å². The summed E-state index contributed by atoms with van der Waals surface area (Å²) in [5, 5.41) is 10.7. The van der Waals surface area contributed by atoms with Gasteiger partial charge in [-0.05, 0) is 13.8 Å². The molecular formula is C11H10F3NO5. The second-order valence-electron chi connectivity index (χ2n) is 3.60. The molecule has 0 saturated heterocycles. The highest BCUT2D eigenvalue weighted by molar-refractivity contribution is 5.74. The molecule has 0 aliphatic rings. The summed E-state index contributed by atoms with van der Waals surface area (Å²) in [6.45, 7) is 2.64. The Balaban J connectivity index is 3.21. The Bertz CT molecular complexity index is 549. The van der Waals surface area contributed by atoms with Crippen molar-refractivity contribution in [3.8, 4) is 5.75 Å². The fourth-order valence-electron chi connectivity index (χ4n) is 1.33. The van der Waals surface area contributed by atoms with Crippen LogP contribution in [0.25, 0.3) is 0 Å². The third-order valence-electron chi connectivity index (χ3n) is 2.20. The van der Waals surface area contributed by atoms with E-state index in [0.29, 0.717) is 0 Å². The van der Waals surface area contributed by atoms with Gasteiger partial charge in [-0.25, -0.2) is 13.6 Å². The number of nitro benzene ring substituents is 1. The fourth-order valence-corrected chi connectivity index (χ4v) is 1.33. The first-order valence-electron chi connectivity index (χ1n) is 5.44. The fraction of sp³-hybridized carbons (Fsp3) is 0.364. The minimum Gasteiger partial charge on any atom is -0.470 e.